The van der Waals surface area contributed by atoms with Gasteiger partial charge in [0.25, 0.3) is 0 Å². The lowest BCUT2D eigenvalue weighted by molar-refractivity contribution is 0.462. The number of hydrogen-bond donors (Lipinski definition) is 2. The summed E-state index contributed by atoms with van der Waals surface area (Å²) in [6, 6.07) is 11.4. The summed E-state index contributed by atoms with van der Waals surface area (Å²) < 4.78 is 0. The highest BCUT2D eigenvalue weighted by Crippen LogP contribution is 2.32. The van der Waals surface area contributed by atoms with Crippen molar-refractivity contribution in [1.29, 1.82) is 0 Å². The van der Waals surface area contributed by atoms with Crippen LogP contribution in [0, 0.1) is 0 Å². The van der Waals surface area contributed by atoms with E-state index >= 15 is 0 Å². The molecule has 0 amide bonds. The highest BCUT2D eigenvalue weighted by molar-refractivity contribution is 6.36. The Bertz CT molecular complexity index is 951. The van der Waals surface area contributed by atoms with Crippen LogP contribution in [0.15, 0.2) is 36.4 Å². The van der Waals surface area contributed by atoms with Gasteiger partial charge in [-0.05, 0) is 43.2 Å². The average molecular weight is 422 g/mol. The first-order valence-electron chi connectivity index (χ1n) is 9.04. The van der Waals surface area contributed by atoms with E-state index in [2.05, 4.69) is 15.6 Å². The molecule has 0 radical (unpaired) electrons. The van der Waals surface area contributed by atoms with E-state index in [1.54, 1.807) is 18.2 Å². The number of fused-ring (bicyclic) bond motifs is 1. The molecule has 140 valence electrons. The van der Waals surface area contributed by atoms with Gasteiger partial charge in [0.15, 0.2) is 0 Å². The third kappa shape index (κ3) is 4.40. The van der Waals surface area contributed by atoms with Gasteiger partial charge in [0.05, 0.1) is 15.9 Å². The van der Waals surface area contributed by atoms with Crippen molar-refractivity contribution >= 4 is 63.2 Å². The van der Waals surface area contributed by atoms with Gasteiger partial charge in [-0.3, -0.25) is 0 Å². The van der Waals surface area contributed by atoms with Crippen LogP contribution in [0.3, 0.4) is 0 Å². The second-order valence-electron chi connectivity index (χ2n) is 6.79. The van der Waals surface area contributed by atoms with Crippen molar-refractivity contribution in [3.05, 3.63) is 51.5 Å². The van der Waals surface area contributed by atoms with Crippen molar-refractivity contribution in [2.24, 2.45) is 0 Å². The third-order valence-electron chi connectivity index (χ3n) is 4.74. The van der Waals surface area contributed by atoms with Crippen LogP contribution in [0.25, 0.3) is 10.9 Å². The van der Waals surface area contributed by atoms with Crippen LogP contribution in [0.4, 0.5) is 17.5 Å². The Labute approximate surface area is 173 Å². The predicted octanol–water partition coefficient (Wildman–Crippen LogP) is 7.08. The zero-order valence-corrected chi connectivity index (χ0v) is 16.9. The maximum atomic E-state index is 6.46. The number of benzene rings is 2. The molecule has 0 spiro atoms. The predicted molar refractivity (Wildman–Crippen MR) is 115 cm³/mol. The minimum Gasteiger partial charge on any atom is -0.367 e. The van der Waals surface area contributed by atoms with E-state index in [1.807, 2.05) is 18.2 Å². The van der Waals surface area contributed by atoms with E-state index < -0.39 is 0 Å². The highest BCUT2D eigenvalue weighted by atomic mass is 35.5. The molecule has 4 rings (SSSR count). The molecule has 0 atom stereocenters. The molecular formula is C20H19Cl3N4. The SMILES string of the molecule is Clc1cc(Cl)cc(Nc2nc(NC3CCCCC3)c3c(Cl)cccc3n2)c1. The minimum atomic E-state index is 0.404. The van der Waals surface area contributed by atoms with Crippen LogP contribution in [0.2, 0.25) is 15.1 Å². The lowest BCUT2D eigenvalue weighted by atomic mass is 9.95. The topological polar surface area (TPSA) is 49.8 Å². The van der Waals surface area contributed by atoms with Crippen molar-refractivity contribution in [2.45, 2.75) is 38.1 Å². The van der Waals surface area contributed by atoms with Crippen molar-refractivity contribution < 1.29 is 0 Å². The summed E-state index contributed by atoms with van der Waals surface area (Å²) in [6.07, 6.45) is 6.05. The molecule has 1 aromatic heterocycles. The number of anilines is 3. The van der Waals surface area contributed by atoms with Gasteiger partial charge in [-0.15, -0.1) is 0 Å². The van der Waals surface area contributed by atoms with E-state index in [4.69, 9.17) is 39.8 Å². The van der Waals surface area contributed by atoms with Gasteiger partial charge in [-0.2, -0.15) is 4.98 Å². The Balaban J connectivity index is 1.72. The lowest BCUT2D eigenvalue weighted by Crippen LogP contribution is -2.23. The fourth-order valence-electron chi connectivity index (χ4n) is 3.50. The molecule has 27 heavy (non-hydrogen) atoms. The van der Waals surface area contributed by atoms with Crippen molar-refractivity contribution in [3.8, 4) is 0 Å². The van der Waals surface area contributed by atoms with Gasteiger partial charge in [-0.25, -0.2) is 4.98 Å². The molecule has 0 saturated heterocycles. The van der Waals surface area contributed by atoms with Crippen molar-refractivity contribution in [3.63, 3.8) is 0 Å². The Morgan fingerprint density at radius 3 is 2.37 bits per heavy atom. The molecule has 0 unspecified atom stereocenters. The van der Waals surface area contributed by atoms with Crippen molar-refractivity contribution in [1.82, 2.24) is 9.97 Å². The number of halogens is 3. The molecule has 1 heterocycles. The molecule has 7 heteroatoms. The summed E-state index contributed by atoms with van der Waals surface area (Å²) in [7, 11) is 0. The summed E-state index contributed by atoms with van der Waals surface area (Å²) in [5.41, 5.74) is 1.52. The molecule has 2 N–H and O–H groups in total. The van der Waals surface area contributed by atoms with Gasteiger partial charge >= 0.3 is 0 Å². The van der Waals surface area contributed by atoms with E-state index in [0.717, 1.165) is 35.2 Å². The Kier molecular flexibility index (Phi) is 5.58. The fraction of sp³-hybridized carbons (Fsp3) is 0.300. The molecule has 4 nitrogen and oxygen atoms in total. The van der Waals surface area contributed by atoms with Crippen LogP contribution < -0.4 is 10.6 Å². The Hall–Kier alpha value is -1.75. The maximum Gasteiger partial charge on any atom is 0.229 e. The van der Waals surface area contributed by atoms with E-state index in [-0.39, 0.29) is 0 Å². The number of rotatable bonds is 4. The Morgan fingerprint density at radius 1 is 0.889 bits per heavy atom. The molecular weight excluding hydrogens is 403 g/mol. The van der Waals surface area contributed by atoms with Crippen molar-refractivity contribution in [2.75, 3.05) is 10.6 Å². The summed E-state index contributed by atoms with van der Waals surface area (Å²) in [5, 5.41) is 9.38. The largest absolute Gasteiger partial charge is 0.367 e. The molecule has 1 aliphatic rings. The highest BCUT2D eigenvalue weighted by Gasteiger charge is 2.17. The zero-order chi connectivity index (χ0) is 18.8. The number of hydrogen-bond acceptors (Lipinski definition) is 4. The smallest absolute Gasteiger partial charge is 0.229 e. The van der Waals surface area contributed by atoms with Crippen LogP contribution in [0.5, 0.6) is 0 Å². The number of nitrogens with zero attached hydrogens (tertiary/aromatic N) is 2. The van der Waals surface area contributed by atoms with E-state index in [1.165, 1.54) is 19.3 Å². The van der Waals surface area contributed by atoms with Crippen LogP contribution >= 0.6 is 34.8 Å². The first-order chi connectivity index (χ1) is 13.1. The summed E-state index contributed by atoms with van der Waals surface area (Å²) >= 11 is 18.7. The maximum absolute atomic E-state index is 6.46. The van der Waals surface area contributed by atoms with Gasteiger partial charge in [0.2, 0.25) is 5.95 Å². The van der Waals surface area contributed by atoms with E-state index in [0.29, 0.717) is 27.1 Å². The van der Waals surface area contributed by atoms with Crippen LogP contribution in [-0.4, -0.2) is 16.0 Å². The normalized spacial score (nSPS) is 15.1. The number of aromatic nitrogens is 2. The second kappa shape index (κ2) is 8.09. The fourth-order valence-corrected chi connectivity index (χ4v) is 4.28. The van der Waals surface area contributed by atoms with Gasteiger partial charge in [0.1, 0.15) is 5.82 Å². The molecule has 1 saturated carbocycles. The van der Waals surface area contributed by atoms with Gasteiger partial charge < -0.3 is 10.6 Å². The van der Waals surface area contributed by atoms with E-state index in [9.17, 15) is 0 Å². The summed E-state index contributed by atoms with van der Waals surface area (Å²) in [4.78, 5) is 9.32. The standard InChI is InChI=1S/C20H19Cl3N4/c21-12-9-13(22)11-15(10-12)25-20-26-17-8-4-7-16(23)18(17)19(27-20)24-14-5-2-1-3-6-14/h4,7-11,14H,1-3,5-6H2,(H2,24,25,26,27). The first kappa shape index (κ1) is 18.6. The quantitative estimate of drug-likeness (QED) is 0.472. The van der Waals surface area contributed by atoms with Crippen LogP contribution in [0.1, 0.15) is 32.1 Å². The average Bonchev–Trinajstić information content (AvgIpc) is 2.61. The third-order valence-corrected chi connectivity index (χ3v) is 5.49. The zero-order valence-electron chi connectivity index (χ0n) is 14.6. The second-order valence-corrected chi connectivity index (χ2v) is 8.07. The molecule has 3 aromatic rings. The summed E-state index contributed by atoms with van der Waals surface area (Å²) in [5.74, 6) is 1.23. The molecule has 0 bridgehead atoms. The molecule has 1 aliphatic carbocycles. The summed E-state index contributed by atoms with van der Waals surface area (Å²) in [6.45, 7) is 0. The van der Waals surface area contributed by atoms with Crippen LogP contribution in [-0.2, 0) is 0 Å². The molecule has 0 aliphatic heterocycles. The minimum absolute atomic E-state index is 0.404. The molecule has 1 fully saturated rings. The number of nitrogens with one attached hydrogen (secondary N) is 2. The lowest BCUT2D eigenvalue weighted by Gasteiger charge is -2.24. The first-order valence-corrected chi connectivity index (χ1v) is 10.2. The Morgan fingerprint density at radius 2 is 1.63 bits per heavy atom. The van der Waals surface area contributed by atoms with Gasteiger partial charge in [0, 0.05) is 21.8 Å². The molecule has 2 aromatic carbocycles. The van der Waals surface area contributed by atoms with Gasteiger partial charge in [-0.1, -0.05) is 60.1 Å². The monoisotopic (exact) mass is 420 g/mol.